The number of hydroxylamine groups is 2. The SMILES string of the molecule is O=C(NCc1ccc2c(c1)OCO2)C1=C(Cl)N([O-])CC=C1C(F)(F)F. The molecule has 0 saturated carbocycles. The zero-order valence-corrected chi connectivity index (χ0v) is 13.3. The van der Waals surface area contributed by atoms with Crippen molar-refractivity contribution in [2.75, 3.05) is 13.3 Å². The van der Waals surface area contributed by atoms with Crippen LogP contribution in [0.5, 0.6) is 11.5 Å². The normalized spacial score (nSPS) is 16.8. The lowest BCUT2D eigenvalue weighted by Crippen LogP contribution is -2.34. The topological polar surface area (TPSA) is 73.9 Å². The van der Waals surface area contributed by atoms with E-state index in [9.17, 15) is 23.2 Å². The van der Waals surface area contributed by atoms with Gasteiger partial charge in [-0.3, -0.25) is 4.79 Å². The van der Waals surface area contributed by atoms with Crippen LogP contribution in [0.1, 0.15) is 5.56 Å². The Labute approximate surface area is 145 Å². The Kier molecular flexibility index (Phi) is 4.53. The Morgan fingerprint density at radius 1 is 1.32 bits per heavy atom. The van der Waals surface area contributed by atoms with Crippen molar-refractivity contribution in [1.82, 2.24) is 10.4 Å². The van der Waals surface area contributed by atoms with Gasteiger partial charge in [0.25, 0.3) is 5.91 Å². The van der Waals surface area contributed by atoms with Gasteiger partial charge in [0, 0.05) is 13.1 Å². The molecule has 3 rings (SSSR count). The van der Waals surface area contributed by atoms with Crippen LogP contribution in [0.3, 0.4) is 0 Å². The third kappa shape index (κ3) is 3.52. The summed E-state index contributed by atoms with van der Waals surface area (Å²) in [7, 11) is 0. The van der Waals surface area contributed by atoms with Crippen LogP contribution in [0.4, 0.5) is 13.2 Å². The van der Waals surface area contributed by atoms with Gasteiger partial charge in [-0.1, -0.05) is 23.7 Å². The molecule has 2 aliphatic rings. The van der Waals surface area contributed by atoms with Gasteiger partial charge in [-0.25, -0.2) is 0 Å². The second-order valence-electron chi connectivity index (χ2n) is 5.21. The maximum atomic E-state index is 13.1. The molecule has 0 aliphatic carbocycles. The first-order valence-electron chi connectivity index (χ1n) is 7.06. The van der Waals surface area contributed by atoms with Crippen LogP contribution >= 0.6 is 11.6 Å². The number of carbonyl (C=O) groups excluding carboxylic acids is 1. The number of halogens is 4. The summed E-state index contributed by atoms with van der Waals surface area (Å²) >= 11 is 5.64. The number of amides is 1. The zero-order valence-electron chi connectivity index (χ0n) is 12.5. The summed E-state index contributed by atoms with van der Waals surface area (Å²) < 4.78 is 49.5. The quantitative estimate of drug-likeness (QED) is 0.822. The van der Waals surface area contributed by atoms with E-state index >= 15 is 0 Å². The van der Waals surface area contributed by atoms with Gasteiger partial charge < -0.3 is 25.1 Å². The van der Waals surface area contributed by atoms with Crippen molar-refractivity contribution >= 4 is 17.5 Å². The predicted molar refractivity (Wildman–Crippen MR) is 81.5 cm³/mol. The number of fused-ring (bicyclic) bond motifs is 1. The Hall–Kier alpha value is -2.39. The summed E-state index contributed by atoms with van der Waals surface area (Å²) in [6.07, 6.45) is -4.17. The number of rotatable bonds is 3. The fourth-order valence-corrected chi connectivity index (χ4v) is 2.64. The number of nitrogens with one attached hydrogen (secondary N) is 1. The van der Waals surface area contributed by atoms with Gasteiger partial charge >= 0.3 is 6.18 Å². The van der Waals surface area contributed by atoms with Crippen molar-refractivity contribution in [1.29, 1.82) is 0 Å². The van der Waals surface area contributed by atoms with E-state index in [1.165, 1.54) is 0 Å². The van der Waals surface area contributed by atoms with E-state index in [0.29, 0.717) is 23.1 Å². The maximum Gasteiger partial charge on any atom is 0.417 e. The highest BCUT2D eigenvalue weighted by Crippen LogP contribution is 2.37. The van der Waals surface area contributed by atoms with Crippen LogP contribution < -0.4 is 14.8 Å². The van der Waals surface area contributed by atoms with Crippen LogP contribution in [-0.2, 0) is 11.3 Å². The summed E-state index contributed by atoms with van der Waals surface area (Å²) in [6.45, 7) is -0.577. The molecule has 6 nitrogen and oxygen atoms in total. The van der Waals surface area contributed by atoms with E-state index in [0.717, 1.165) is 0 Å². The van der Waals surface area contributed by atoms with E-state index < -0.39 is 34.9 Å². The molecule has 134 valence electrons. The van der Waals surface area contributed by atoms with Crippen molar-refractivity contribution in [3.05, 3.63) is 51.3 Å². The van der Waals surface area contributed by atoms with Crippen LogP contribution in [0.25, 0.3) is 0 Å². The van der Waals surface area contributed by atoms with E-state index in [1.54, 1.807) is 18.2 Å². The number of hydrogen-bond acceptors (Lipinski definition) is 5. The minimum atomic E-state index is -4.80. The van der Waals surface area contributed by atoms with Crippen molar-refractivity contribution in [3.63, 3.8) is 0 Å². The summed E-state index contributed by atoms with van der Waals surface area (Å²) in [5.41, 5.74) is -1.54. The molecule has 1 N–H and O–H groups in total. The molecule has 10 heteroatoms. The van der Waals surface area contributed by atoms with Crippen LogP contribution in [0, 0.1) is 5.21 Å². The lowest BCUT2D eigenvalue weighted by Gasteiger charge is -2.34. The van der Waals surface area contributed by atoms with E-state index in [2.05, 4.69) is 5.32 Å². The second-order valence-corrected chi connectivity index (χ2v) is 5.57. The monoisotopic (exact) mass is 375 g/mol. The average Bonchev–Trinajstić information content (AvgIpc) is 3.01. The molecule has 0 unspecified atom stereocenters. The number of ether oxygens (including phenoxy) is 2. The van der Waals surface area contributed by atoms with E-state index in [-0.39, 0.29) is 18.4 Å². The molecule has 1 amide bonds. The molecule has 0 bridgehead atoms. The first kappa shape index (κ1) is 17.4. The molecule has 0 aromatic heterocycles. The molecule has 2 heterocycles. The van der Waals surface area contributed by atoms with Crippen LogP contribution in [0.15, 0.2) is 40.6 Å². The molecule has 0 atom stereocenters. The van der Waals surface area contributed by atoms with Gasteiger partial charge in [0.15, 0.2) is 11.5 Å². The largest absolute Gasteiger partial charge is 0.757 e. The summed E-state index contributed by atoms with van der Waals surface area (Å²) in [4.78, 5) is 12.2. The Balaban J connectivity index is 1.77. The van der Waals surface area contributed by atoms with Crippen molar-refractivity contribution in [2.24, 2.45) is 0 Å². The molecular formula is C15H11ClF3N2O4-. The van der Waals surface area contributed by atoms with Crippen molar-refractivity contribution in [3.8, 4) is 11.5 Å². The first-order valence-corrected chi connectivity index (χ1v) is 7.44. The minimum absolute atomic E-state index is 0.0761. The molecule has 2 aliphatic heterocycles. The van der Waals surface area contributed by atoms with E-state index in [1.807, 2.05) is 0 Å². The molecule has 0 spiro atoms. The highest BCUT2D eigenvalue weighted by atomic mass is 35.5. The number of nitrogens with zero attached hydrogens (tertiary/aromatic N) is 1. The lowest BCUT2D eigenvalue weighted by molar-refractivity contribution is -0.120. The summed E-state index contributed by atoms with van der Waals surface area (Å²) in [5.74, 6) is -0.0764. The molecule has 0 fully saturated rings. The summed E-state index contributed by atoms with van der Waals surface area (Å²) in [5, 5.41) is 13.1. The smallest absolute Gasteiger partial charge is 0.417 e. The minimum Gasteiger partial charge on any atom is -0.757 e. The van der Waals surface area contributed by atoms with Gasteiger partial charge in [-0.2, -0.15) is 13.2 Å². The summed E-state index contributed by atoms with van der Waals surface area (Å²) in [6, 6.07) is 4.85. The number of hydrogen-bond donors (Lipinski definition) is 1. The molecule has 25 heavy (non-hydrogen) atoms. The van der Waals surface area contributed by atoms with Crippen molar-refractivity contribution in [2.45, 2.75) is 12.7 Å². The van der Waals surface area contributed by atoms with Gasteiger partial charge in [0.1, 0.15) is 5.16 Å². The average molecular weight is 376 g/mol. The number of alkyl halides is 3. The second kappa shape index (κ2) is 6.49. The fraction of sp³-hybridized carbons (Fsp3) is 0.267. The predicted octanol–water partition coefficient (Wildman–Crippen LogP) is 2.78. The Morgan fingerprint density at radius 2 is 2.04 bits per heavy atom. The first-order chi connectivity index (χ1) is 11.8. The van der Waals surface area contributed by atoms with Gasteiger partial charge in [0.05, 0.1) is 11.1 Å². The van der Waals surface area contributed by atoms with Gasteiger partial charge in [-0.15, -0.1) is 0 Å². The van der Waals surface area contributed by atoms with Crippen LogP contribution in [-0.4, -0.2) is 30.5 Å². The van der Waals surface area contributed by atoms with Gasteiger partial charge in [0.2, 0.25) is 6.79 Å². The molecular weight excluding hydrogens is 365 g/mol. The Morgan fingerprint density at radius 3 is 2.76 bits per heavy atom. The Bertz CT molecular complexity index is 777. The third-order valence-corrected chi connectivity index (χ3v) is 3.96. The maximum absolute atomic E-state index is 13.1. The lowest BCUT2D eigenvalue weighted by atomic mass is 10.0. The number of carbonyl (C=O) groups is 1. The fourth-order valence-electron chi connectivity index (χ4n) is 2.39. The van der Waals surface area contributed by atoms with Crippen molar-refractivity contribution < 1.29 is 27.4 Å². The standard InChI is InChI=1S/C15H11ClF3N2O4/c16-13-12(9(15(17,18)19)3-4-21(13)23)14(22)20-6-8-1-2-10-11(5-8)25-7-24-10/h1-3,5H,4,6-7H2,(H,20,22)/q-1. The van der Waals surface area contributed by atoms with Gasteiger partial charge in [-0.05, 0) is 17.7 Å². The molecule has 1 aromatic rings. The van der Waals surface area contributed by atoms with E-state index in [4.69, 9.17) is 21.1 Å². The molecule has 0 saturated heterocycles. The molecule has 1 aromatic carbocycles. The number of benzene rings is 1. The third-order valence-electron chi connectivity index (χ3n) is 3.58. The highest BCUT2D eigenvalue weighted by Gasteiger charge is 2.41. The molecule has 0 radical (unpaired) electrons. The zero-order chi connectivity index (χ0) is 18.2. The highest BCUT2D eigenvalue weighted by molar-refractivity contribution is 6.32. The van der Waals surface area contributed by atoms with Crippen LogP contribution in [0.2, 0.25) is 0 Å².